The number of ether oxygens (including phenoxy) is 1. The molecular weight excluding hydrogens is 436 g/mol. The van der Waals surface area contributed by atoms with Crippen molar-refractivity contribution in [2.45, 2.75) is 52.7 Å². The largest absolute Gasteiger partial charge is 0.459 e. The zero-order valence-electron chi connectivity index (χ0n) is 17.3. The molecule has 10 heteroatoms. The summed E-state index contributed by atoms with van der Waals surface area (Å²) in [5.74, 6) is -0.902. The standard InChI is InChI=1S/C21H20N4O4S2/c1-10(2)29-21(28)17-11(3)16-19(31-17)23-9-25(20(16)27)8-15(26)24-18-13(7-22)12-5-4-6-14(12)30-18/h9-10H,4-6,8H2,1-3H3,(H,24,26). The summed E-state index contributed by atoms with van der Waals surface area (Å²) in [4.78, 5) is 44.1. The molecule has 0 fully saturated rings. The van der Waals surface area contributed by atoms with Gasteiger partial charge >= 0.3 is 5.97 Å². The van der Waals surface area contributed by atoms with Gasteiger partial charge in [0.25, 0.3) is 5.56 Å². The number of fused-ring (bicyclic) bond motifs is 2. The SMILES string of the molecule is Cc1c(C(=O)OC(C)C)sc2ncn(CC(=O)Nc3sc4c(c3C#N)CCC4)c(=O)c12. The van der Waals surface area contributed by atoms with Crippen molar-refractivity contribution in [2.24, 2.45) is 0 Å². The highest BCUT2D eigenvalue weighted by Crippen LogP contribution is 2.38. The lowest BCUT2D eigenvalue weighted by Crippen LogP contribution is -2.28. The van der Waals surface area contributed by atoms with Crippen LogP contribution in [0.4, 0.5) is 5.00 Å². The Bertz CT molecular complexity index is 1310. The van der Waals surface area contributed by atoms with Crippen LogP contribution in [0.1, 0.15) is 51.5 Å². The fourth-order valence-corrected chi connectivity index (χ4v) is 5.94. The van der Waals surface area contributed by atoms with E-state index in [2.05, 4.69) is 16.4 Å². The fraction of sp³-hybridized carbons (Fsp3) is 0.381. The number of nitrogens with one attached hydrogen (secondary N) is 1. The molecule has 3 heterocycles. The number of hydrogen-bond acceptors (Lipinski definition) is 8. The first-order valence-corrected chi connectivity index (χ1v) is 11.5. The predicted octanol–water partition coefficient (Wildman–Crippen LogP) is 3.39. The maximum absolute atomic E-state index is 13.0. The van der Waals surface area contributed by atoms with Crippen molar-refractivity contribution in [2.75, 3.05) is 5.32 Å². The molecule has 3 aromatic heterocycles. The average Bonchev–Trinajstić information content (AvgIpc) is 3.36. The molecule has 0 spiro atoms. The number of esters is 1. The Morgan fingerprint density at radius 1 is 1.35 bits per heavy atom. The highest BCUT2D eigenvalue weighted by atomic mass is 32.1. The second kappa shape index (κ2) is 8.24. The number of thiophene rings is 2. The number of nitriles is 1. The lowest BCUT2D eigenvalue weighted by Gasteiger charge is -2.07. The first-order chi connectivity index (χ1) is 14.8. The molecule has 0 radical (unpaired) electrons. The van der Waals surface area contributed by atoms with E-state index in [9.17, 15) is 19.6 Å². The van der Waals surface area contributed by atoms with Gasteiger partial charge in [-0.05, 0) is 51.2 Å². The predicted molar refractivity (Wildman–Crippen MR) is 119 cm³/mol. The summed E-state index contributed by atoms with van der Waals surface area (Å²) >= 11 is 2.53. The Morgan fingerprint density at radius 2 is 2.13 bits per heavy atom. The summed E-state index contributed by atoms with van der Waals surface area (Å²) in [6.07, 6.45) is 3.82. The summed E-state index contributed by atoms with van der Waals surface area (Å²) in [7, 11) is 0. The molecule has 3 aromatic rings. The Morgan fingerprint density at radius 3 is 2.84 bits per heavy atom. The Hall–Kier alpha value is -3.03. The smallest absolute Gasteiger partial charge is 0.348 e. The summed E-state index contributed by atoms with van der Waals surface area (Å²) < 4.78 is 6.45. The van der Waals surface area contributed by atoms with Gasteiger partial charge in [0.1, 0.15) is 27.3 Å². The van der Waals surface area contributed by atoms with Crippen molar-refractivity contribution >= 4 is 49.8 Å². The number of carbonyl (C=O) groups is 2. The molecule has 31 heavy (non-hydrogen) atoms. The third-order valence-electron chi connectivity index (χ3n) is 5.05. The Labute approximate surface area is 186 Å². The van der Waals surface area contributed by atoms with Crippen LogP contribution in [0.25, 0.3) is 10.2 Å². The topological polar surface area (TPSA) is 114 Å². The van der Waals surface area contributed by atoms with E-state index in [4.69, 9.17) is 4.74 Å². The molecule has 0 bridgehead atoms. The van der Waals surface area contributed by atoms with Gasteiger partial charge in [-0.1, -0.05) is 0 Å². The number of hydrogen-bond donors (Lipinski definition) is 1. The molecular formula is C21H20N4O4S2. The molecule has 0 atom stereocenters. The van der Waals surface area contributed by atoms with E-state index < -0.39 is 17.4 Å². The summed E-state index contributed by atoms with van der Waals surface area (Å²) in [6, 6.07) is 2.19. The lowest BCUT2D eigenvalue weighted by molar-refractivity contribution is -0.116. The maximum atomic E-state index is 13.0. The minimum Gasteiger partial charge on any atom is -0.459 e. The summed E-state index contributed by atoms with van der Waals surface area (Å²) in [6.45, 7) is 4.95. The number of rotatable bonds is 5. The first kappa shape index (κ1) is 21.2. The van der Waals surface area contributed by atoms with E-state index in [-0.39, 0.29) is 12.6 Å². The lowest BCUT2D eigenvalue weighted by atomic mass is 10.1. The number of anilines is 1. The Balaban J connectivity index is 1.59. The minimum atomic E-state index is -0.492. The van der Waals surface area contributed by atoms with Crippen LogP contribution in [0.15, 0.2) is 11.1 Å². The van der Waals surface area contributed by atoms with Crippen LogP contribution >= 0.6 is 22.7 Å². The van der Waals surface area contributed by atoms with Crippen LogP contribution in [-0.2, 0) is 28.9 Å². The molecule has 1 N–H and O–H groups in total. The van der Waals surface area contributed by atoms with Crippen molar-refractivity contribution < 1.29 is 14.3 Å². The zero-order valence-corrected chi connectivity index (χ0v) is 18.9. The third kappa shape index (κ3) is 3.86. The molecule has 0 aromatic carbocycles. The minimum absolute atomic E-state index is 0.240. The Kier molecular flexibility index (Phi) is 5.64. The van der Waals surface area contributed by atoms with Crippen LogP contribution in [0.2, 0.25) is 0 Å². The van der Waals surface area contributed by atoms with Crippen molar-refractivity contribution in [3.63, 3.8) is 0 Å². The van der Waals surface area contributed by atoms with Crippen molar-refractivity contribution in [1.82, 2.24) is 9.55 Å². The molecule has 160 valence electrons. The molecule has 4 rings (SSSR count). The number of amides is 1. The van der Waals surface area contributed by atoms with E-state index in [0.717, 1.165) is 41.0 Å². The third-order valence-corrected chi connectivity index (χ3v) is 7.43. The quantitative estimate of drug-likeness (QED) is 0.589. The van der Waals surface area contributed by atoms with Gasteiger partial charge in [-0.3, -0.25) is 14.2 Å². The highest BCUT2D eigenvalue weighted by Gasteiger charge is 2.24. The van der Waals surface area contributed by atoms with E-state index in [1.54, 1.807) is 20.8 Å². The number of carbonyl (C=O) groups excluding carboxylic acids is 2. The van der Waals surface area contributed by atoms with Gasteiger partial charge in [0.05, 0.1) is 23.4 Å². The summed E-state index contributed by atoms with van der Waals surface area (Å²) in [5.41, 5.74) is 1.65. The van der Waals surface area contributed by atoms with Gasteiger partial charge in [0.15, 0.2) is 0 Å². The van der Waals surface area contributed by atoms with Crippen LogP contribution in [0, 0.1) is 18.3 Å². The van der Waals surface area contributed by atoms with Gasteiger partial charge < -0.3 is 10.1 Å². The van der Waals surface area contributed by atoms with Crippen molar-refractivity contribution in [3.8, 4) is 6.07 Å². The summed E-state index contributed by atoms with van der Waals surface area (Å²) in [5, 5.41) is 13.1. The number of nitrogens with zero attached hydrogens (tertiary/aromatic N) is 3. The van der Waals surface area contributed by atoms with E-state index in [1.165, 1.54) is 22.2 Å². The van der Waals surface area contributed by atoms with Crippen LogP contribution in [0.3, 0.4) is 0 Å². The highest BCUT2D eigenvalue weighted by molar-refractivity contribution is 7.20. The van der Waals surface area contributed by atoms with E-state index in [0.29, 0.717) is 31.2 Å². The van der Waals surface area contributed by atoms with Gasteiger partial charge in [0.2, 0.25) is 5.91 Å². The molecule has 1 aliphatic rings. The van der Waals surface area contributed by atoms with Crippen LogP contribution in [0.5, 0.6) is 0 Å². The maximum Gasteiger partial charge on any atom is 0.348 e. The van der Waals surface area contributed by atoms with Crippen molar-refractivity contribution in [1.29, 1.82) is 5.26 Å². The van der Waals surface area contributed by atoms with Gasteiger partial charge in [-0.25, -0.2) is 9.78 Å². The number of aryl methyl sites for hydroxylation is 2. The first-order valence-electron chi connectivity index (χ1n) is 9.84. The molecule has 1 amide bonds. The van der Waals surface area contributed by atoms with Gasteiger partial charge in [-0.2, -0.15) is 5.26 Å². The molecule has 0 saturated heterocycles. The molecule has 0 aliphatic heterocycles. The monoisotopic (exact) mass is 456 g/mol. The van der Waals surface area contributed by atoms with Crippen LogP contribution in [-0.4, -0.2) is 27.5 Å². The number of aromatic nitrogens is 2. The van der Waals surface area contributed by atoms with E-state index in [1.807, 2.05) is 0 Å². The normalized spacial score (nSPS) is 12.7. The average molecular weight is 457 g/mol. The second-order valence-electron chi connectivity index (χ2n) is 7.59. The zero-order chi connectivity index (χ0) is 22.3. The van der Waals surface area contributed by atoms with E-state index >= 15 is 0 Å². The fourth-order valence-electron chi connectivity index (χ4n) is 3.67. The van der Waals surface area contributed by atoms with Gasteiger partial charge in [0, 0.05) is 4.88 Å². The second-order valence-corrected chi connectivity index (χ2v) is 9.69. The van der Waals surface area contributed by atoms with Crippen molar-refractivity contribution in [3.05, 3.63) is 43.1 Å². The molecule has 0 saturated carbocycles. The molecule has 0 unspecified atom stereocenters. The molecule has 1 aliphatic carbocycles. The van der Waals surface area contributed by atoms with Gasteiger partial charge in [-0.15, -0.1) is 22.7 Å². The molecule has 8 nitrogen and oxygen atoms in total. The van der Waals surface area contributed by atoms with Crippen LogP contribution < -0.4 is 10.9 Å².